The zero-order chi connectivity index (χ0) is 19.5. The maximum Gasteiger partial charge on any atom is 0.573 e. The van der Waals surface area contributed by atoms with Crippen LogP contribution in [0.2, 0.25) is 5.02 Å². The number of halogens is 7. The van der Waals surface area contributed by atoms with Gasteiger partial charge < -0.3 is 15.4 Å². The summed E-state index contributed by atoms with van der Waals surface area (Å²) in [6, 6.07) is 3.80. The number of benzene rings is 1. The van der Waals surface area contributed by atoms with Crippen LogP contribution >= 0.6 is 11.6 Å². The summed E-state index contributed by atoms with van der Waals surface area (Å²) in [5.41, 5.74) is -1.08. The molecule has 142 valence electrons. The monoisotopic (exact) mass is 400 g/mol. The summed E-state index contributed by atoms with van der Waals surface area (Å²) in [4.78, 5) is 7.21. The number of anilines is 3. The van der Waals surface area contributed by atoms with Crippen molar-refractivity contribution in [3.05, 3.63) is 35.0 Å². The summed E-state index contributed by atoms with van der Waals surface area (Å²) in [5.74, 6) is -1.12. The molecule has 0 saturated carbocycles. The van der Waals surface area contributed by atoms with Crippen LogP contribution in [0.1, 0.15) is 12.6 Å². The molecule has 26 heavy (non-hydrogen) atoms. The molecule has 0 spiro atoms. The van der Waals surface area contributed by atoms with Crippen LogP contribution in [0, 0.1) is 0 Å². The molecule has 0 aliphatic rings. The van der Waals surface area contributed by atoms with Gasteiger partial charge in [0.15, 0.2) is 5.69 Å². The molecule has 0 amide bonds. The second-order valence-corrected chi connectivity index (χ2v) is 5.22. The Balaban J connectivity index is 2.30. The zero-order valence-corrected chi connectivity index (χ0v) is 13.7. The summed E-state index contributed by atoms with van der Waals surface area (Å²) < 4.78 is 79.1. The minimum atomic E-state index is -4.92. The molecule has 0 saturated heterocycles. The van der Waals surface area contributed by atoms with Crippen molar-refractivity contribution in [2.75, 3.05) is 17.2 Å². The van der Waals surface area contributed by atoms with Crippen molar-refractivity contribution in [3.8, 4) is 5.75 Å². The number of alkyl halides is 6. The molecule has 12 heteroatoms. The van der Waals surface area contributed by atoms with Crippen LogP contribution in [0.5, 0.6) is 5.75 Å². The molecule has 0 fully saturated rings. The molecule has 2 aromatic rings. The highest BCUT2D eigenvalue weighted by atomic mass is 35.5. The van der Waals surface area contributed by atoms with Crippen LogP contribution in [0.3, 0.4) is 0 Å². The SMILES string of the molecule is CCNc1nc(Nc2ccc(OC(F)(F)F)c(Cl)c2)cc(C(F)(F)F)n1. The van der Waals surface area contributed by atoms with Crippen molar-refractivity contribution in [1.82, 2.24) is 9.97 Å². The smallest absolute Gasteiger partial charge is 0.404 e. The van der Waals surface area contributed by atoms with E-state index in [4.69, 9.17) is 11.6 Å². The van der Waals surface area contributed by atoms with E-state index in [-0.39, 0.29) is 29.0 Å². The van der Waals surface area contributed by atoms with Crippen molar-refractivity contribution in [1.29, 1.82) is 0 Å². The van der Waals surface area contributed by atoms with Gasteiger partial charge >= 0.3 is 12.5 Å². The van der Waals surface area contributed by atoms with Crippen molar-refractivity contribution >= 4 is 29.1 Å². The van der Waals surface area contributed by atoms with Crippen LogP contribution in [-0.4, -0.2) is 22.9 Å². The lowest BCUT2D eigenvalue weighted by Gasteiger charge is -2.14. The summed E-state index contributed by atoms with van der Waals surface area (Å²) in [6.45, 7) is 1.94. The van der Waals surface area contributed by atoms with E-state index in [0.29, 0.717) is 6.07 Å². The number of rotatable bonds is 5. The molecule has 0 aliphatic carbocycles. The Morgan fingerprint density at radius 3 is 2.31 bits per heavy atom. The highest BCUT2D eigenvalue weighted by Crippen LogP contribution is 2.34. The standard InChI is InChI=1S/C14H11ClF6N4O/c1-2-22-12-24-10(13(16,17)18)6-11(25-12)23-7-3-4-9(8(15)5-7)26-14(19,20)21/h3-6H,2H2,1H3,(H2,22,23,24,25). The predicted octanol–water partition coefficient (Wildman–Crippen LogP) is 5.22. The first-order valence-electron chi connectivity index (χ1n) is 7.00. The van der Waals surface area contributed by atoms with Gasteiger partial charge in [-0.05, 0) is 25.1 Å². The molecule has 1 aromatic heterocycles. The van der Waals surface area contributed by atoms with Gasteiger partial charge in [-0.3, -0.25) is 0 Å². The number of nitrogens with zero attached hydrogens (tertiary/aromatic N) is 2. The first kappa shape index (κ1) is 19.9. The normalized spacial score (nSPS) is 12.0. The molecule has 0 bridgehead atoms. The number of hydrogen-bond donors (Lipinski definition) is 2. The third kappa shape index (κ3) is 5.55. The molecular weight excluding hydrogens is 390 g/mol. The molecule has 0 aliphatic heterocycles. The van der Waals surface area contributed by atoms with Crippen LogP contribution in [0.25, 0.3) is 0 Å². The Kier molecular flexibility index (Phi) is 5.69. The molecular formula is C14H11ClF6N4O. The topological polar surface area (TPSA) is 59.1 Å². The highest BCUT2D eigenvalue weighted by molar-refractivity contribution is 6.32. The van der Waals surface area contributed by atoms with Gasteiger partial charge in [-0.2, -0.15) is 18.2 Å². The van der Waals surface area contributed by atoms with E-state index in [1.165, 1.54) is 0 Å². The Morgan fingerprint density at radius 1 is 1.08 bits per heavy atom. The molecule has 2 rings (SSSR count). The van der Waals surface area contributed by atoms with E-state index in [0.717, 1.165) is 18.2 Å². The van der Waals surface area contributed by atoms with E-state index in [1.54, 1.807) is 6.92 Å². The zero-order valence-electron chi connectivity index (χ0n) is 13.0. The summed E-state index contributed by atoms with van der Waals surface area (Å²) in [7, 11) is 0. The van der Waals surface area contributed by atoms with Crippen LogP contribution in [-0.2, 0) is 6.18 Å². The Labute approximate surface area is 148 Å². The second kappa shape index (κ2) is 7.44. The molecule has 5 nitrogen and oxygen atoms in total. The Hall–Kier alpha value is -2.43. The molecule has 1 heterocycles. The van der Waals surface area contributed by atoms with Crippen molar-refractivity contribution in [2.45, 2.75) is 19.5 Å². The maximum absolute atomic E-state index is 12.9. The first-order chi connectivity index (χ1) is 12.0. The van der Waals surface area contributed by atoms with E-state index in [9.17, 15) is 26.3 Å². The van der Waals surface area contributed by atoms with Crippen molar-refractivity contribution < 1.29 is 31.1 Å². The lowest BCUT2D eigenvalue weighted by molar-refractivity contribution is -0.274. The third-order valence-electron chi connectivity index (χ3n) is 2.78. The quantitative estimate of drug-likeness (QED) is 0.674. The molecule has 0 radical (unpaired) electrons. The van der Waals surface area contributed by atoms with Gasteiger partial charge in [-0.15, -0.1) is 13.2 Å². The predicted molar refractivity (Wildman–Crippen MR) is 82.6 cm³/mol. The second-order valence-electron chi connectivity index (χ2n) is 4.81. The Morgan fingerprint density at radius 2 is 1.77 bits per heavy atom. The molecule has 0 unspecified atom stereocenters. The van der Waals surface area contributed by atoms with E-state index in [1.807, 2.05) is 0 Å². The van der Waals surface area contributed by atoms with Gasteiger partial charge in [-0.25, -0.2) is 4.98 Å². The maximum atomic E-state index is 12.9. The van der Waals surface area contributed by atoms with Gasteiger partial charge in [0.25, 0.3) is 0 Å². The molecule has 0 atom stereocenters. The van der Waals surface area contributed by atoms with Crippen molar-refractivity contribution in [3.63, 3.8) is 0 Å². The minimum Gasteiger partial charge on any atom is -0.404 e. The lowest BCUT2D eigenvalue weighted by atomic mass is 10.3. The highest BCUT2D eigenvalue weighted by Gasteiger charge is 2.34. The number of nitrogens with one attached hydrogen (secondary N) is 2. The number of hydrogen-bond acceptors (Lipinski definition) is 5. The summed E-state index contributed by atoms with van der Waals surface area (Å²) in [6.07, 6.45) is -9.63. The van der Waals surface area contributed by atoms with Crippen molar-refractivity contribution in [2.24, 2.45) is 0 Å². The fraction of sp³-hybridized carbons (Fsp3) is 0.286. The van der Waals surface area contributed by atoms with Gasteiger partial charge in [0.1, 0.15) is 11.6 Å². The van der Waals surface area contributed by atoms with Gasteiger partial charge in [0.05, 0.1) is 5.02 Å². The molecule has 1 aromatic carbocycles. The average Bonchev–Trinajstić information content (AvgIpc) is 2.48. The fourth-order valence-electron chi connectivity index (χ4n) is 1.83. The summed E-state index contributed by atoms with van der Waals surface area (Å²) >= 11 is 5.70. The van der Waals surface area contributed by atoms with Gasteiger partial charge in [-0.1, -0.05) is 11.6 Å². The number of ether oxygens (including phenoxy) is 1. The Bertz CT molecular complexity index is 781. The van der Waals surface area contributed by atoms with E-state index < -0.39 is 24.0 Å². The van der Waals surface area contributed by atoms with Gasteiger partial charge in [0, 0.05) is 18.3 Å². The summed E-state index contributed by atoms with van der Waals surface area (Å²) in [5, 5.41) is 4.71. The first-order valence-corrected chi connectivity index (χ1v) is 7.38. The molecule has 2 N–H and O–H groups in total. The largest absolute Gasteiger partial charge is 0.573 e. The van der Waals surface area contributed by atoms with Gasteiger partial charge in [0.2, 0.25) is 5.95 Å². The lowest BCUT2D eigenvalue weighted by Crippen LogP contribution is -2.17. The average molecular weight is 401 g/mol. The van der Waals surface area contributed by atoms with Crippen LogP contribution in [0.4, 0.5) is 43.8 Å². The van der Waals surface area contributed by atoms with Crippen LogP contribution < -0.4 is 15.4 Å². The number of aromatic nitrogens is 2. The van der Waals surface area contributed by atoms with E-state index >= 15 is 0 Å². The fourth-order valence-corrected chi connectivity index (χ4v) is 2.05. The minimum absolute atomic E-state index is 0.110. The van der Waals surface area contributed by atoms with E-state index in [2.05, 4.69) is 25.3 Å². The third-order valence-corrected chi connectivity index (χ3v) is 3.08. The van der Waals surface area contributed by atoms with Crippen LogP contribution in [0.15, 0.2) is 24.3 Å².